The van der Waals surface area contributed by atoms with Gasteiger partial charge in [-0.05, 0) is 113 Å². The molecule has 284 valence electrons. The van der Waals surface area contributed by atoms with Crippen molar-refractivity contribution in [2.75, 3.05) is 0 Å². The van der Waals surface area contributed by atoms with Crippen LogP contribution in [0, 0.1) is 0 Å². The van der Waals surface area contributed by atoms with Crippen molar-refractivity contribution in [1.29, 1.82) is 0 Å². The number of rotatable bonds is 4. The topological polar surface area (TPSA) is 51.6 Å². The number of nitrogens with zero attached hydrogens (tertiary/aromatic N) is 4. The zero-order valence-corrected chi connectivity index (χ0v) is 35.2. The van der Waals surface area contributed by atoms with Crippen molar-refractivity contribution in [1.82, 2.24) is 20.4 Å². The zero-order valence-electron chi connectivity index (χ0n) is 31.9. The molecule has 0 atom stereocenters. The number of hydrogen-bond donors (Lipinski definition) is 0. The highest BCUT2D eigenvalue weighted by atomic mass is 32.1. The van der Waals surface area contributed by atoms with Crippen LogP contribution in [0.2, 0.25) is 0 Å². The number of thiophene rings is 4. The normalized spacial score (nSPS) is 18.0. The van der Waals surface area contributed by atoms with Crippen LogP contribution in [0.3, 0.4) is 0 Å². The smallest absolute Gasteiger partial charge is 0.107 e. The molecule has 8 heteroatoms. The Bertz CT molecular complexity index is 2710. The molecule has 6 aliphatic rings. The predicted molar refractivity (Wildman–Crippen MR) is 247 cm³/mol. The van der Waals surface area contributed by atoms with Crippen molar-refractivity contribution < 1.29 is 0 Å². The first-order chi connectivity index (χ1) is 29.8. The quantitative estimate of drug-likeness (QED) is 0.177. The van der Waals surface area contributed by atoms with E-state index in [1.165, 1.54) is 86.3 Å². The average Bonchev–Trinajstić information content (AvgIpc) is 4.18. The summed E-state index contributed by atoms with van der Waals surface area (Å²) in [7, 11) is 0. The van der Waals surface area contributed by atoms with Crippen LogP contribution in [0.15, 0.2) is 167 Å². The predicted octanol–water partition coefficient (Wildman–Crippen LogP) is 13.8. The molecule has 0 aliphatic heterocycles. The molecule has 0 saturated carbocycles. The Labute approximate surface area is 363 Å². The molecule has 0 unspecified atom stereocenters. The molecule has 6 aliphatic carbocycles. The van der Waals surface area contributed by atoms with E-state index in [1.807, 2.05) is 0 Å². The van der Waals surface area contributed by atoms with Crippen LogP contribution in [-0.4, -0.2) is 20.4 Å². The van der Waals surface area contributed by atoms with Crippen molar-refractivity contribution >= 4 is 45.3 Å². The minimum atomic E-state index is 0.198. The van der Waals surface area contributed by atoms with Gasteiger partial charge in [0.1, 0.15) is 22.8 Å². The Balaban J connectivity index is 0.000000123. The third-order valence-corrected chi connectivity index (χ3v) is 16.3. The van der Waals surface area contributed by atoms with E-state index >= 15 is 0 Å². The van der Waals surface area contributed by atoms with Gasteiger partial charge in [-0.25, -0.2) is 0 Å². The van der Waals surface area contributed by atoms with E-state index in [2.05, 4.69) is 167 Å². The lowest BCUT2D eigenvalue weighted by atomic mass is 9.60. The van der Waals surface area contributed by atoms with E-state index < -0.39 is 0 Å². The second kappa shape index (κ2) is 13.7. The van der Waals surface area contributed by atoms with Crippen molar-refractivity contribution in [2.45, 2.75) is 23.7 Å². The summed E-state index contributed by atoms with van der Waals surface area (Å²) in [5.74, 6) is 0.792. The van der Waals surface area contributed by atoms with Crippen LogP contribution in [-0.2, 0) is 0 Å². The van der Waals surface area contributed by atoms with Gasteiger partial charge in [-0.2, -0.15) is 0 Å². The Morgan fingerprint density at radius 2 is 0.450 bits per heavy atom. The standard InChI is InChI=1S/2C26H16N2S2/c2*1-2-8-16-15(7-1)21-17-9-3-4-10-18(17)22(16)24-23(21)25(19-11-5-13-29-19)27-28-26(24)20-12-6-14-30-20/h2*1-14,21-22H. The van der Waals surface area contributed by atoms with Gasteiger partial charge < -0.3 is 0 Å². The summed E-state index contributed by atoms with van der Waals surface area (Å²) in [5.41, 5.74) is 20.9. The van der Waals surface area contributed by atoms with Crippen molar-refractivity contribution in [2.24, 2.45) is 0 Å². The molecular formula is C52H32N4S4. The highest BCUT2D eigenvalue weighted by molar-refractivity contribution is 7.14. The fourth-order valence-electron chi connectivity index (χ4n) is 10.5. The molecule has 0 N–H and O–H groups in total. The van der Waals surface area contributed by atoms with Crippen LogP contribution in [0.4, 0.5) is 0 Å². The lowest BCUT2D eigenvalue weighted by Gasteiger charge is -2.43. The minimum Gasteiger partial charge on any atom is -0.149 e. The van der Waals surface area contributed by atoms with Gasteiger partial charge in [0, 0.05) is 23.7 Å². The molecule has 0 spiro atoms. The number of aromatic nitrogens is 4. The molecule has 0 fully saturated rings. The summed E-state index contributed by atoms with van der Waals surface area (Å²) in [4.78, 5) is 4.77. The Morgan fingerprint density at radius 3 is 0.617 bits per heavy atom. The molecule has 0 radical (unpaired) electrons. The fourth-order valence-corrected chi connectivity index (χ4v) is 13.4. The van der Waals surface area contributed by atoms with E-state index in [4.69, 9.17) is 20.4 Å². The Morgan fingerprint density at radius 1 is 0.250 bits per heavy atom. The van der Waals surface area contributed by atoms with E-state index in [9.17, 15) is 0 Å². The van der Waals surface area contributed by atoms with Gasteiger partial charge in [-0.3, -0.25) is 0 Å². The molecule has 10 aromatic rings. The maximum Gasteiger partial charge on any atom is 0.107 e. The maximum atomic E-state index is 4.82. The molecule has 4 bridgehead atoms. The SMILES string of the molecule is c1csc(-c2nnc(-c3cccs3)c3c2C2c4ccccc4C3c3ccccc32)c1.c1csc(-c2nnc(-c3cccs3)c3c2C2c4ccccc4C3c3ccccc32)c1. The van der Waals surface area contributed by atoms with Gasteiger partial charge in [0.2, 0.25) is 0 Å². The summed E-state index contributed by atoms with van der Waals surface area (Å²) in [6.07, 6.45) is 0. The minimum absolute atomic E-state index is 0.198. The van der Waals surface area contributed by atoms with Gasteiger partial charge in [0.25, 0.3) is 0 Å². The van der Waals surface area contributed by atoms with E-state index in [0.29, 0.717) is 0 Å². The molecule has 0 amide bonds. The lowest BCUT2D eigenvalue weighted by Crippen LogP contribution is -2.29. The van der Waals surface area contributed by atoms with Crippen LogP contribution in [0.25, 0.3) is 42.3 Å². The largest absolute Gasteiger partial charge is 0.149 e. The Hall–Kier alpha value is -6.16. The van der Waals surface area contributed by atoms with Crippen molar-refractivity contribution in [3.05, 3.63) is 234 Å². The molecule has 6 heterocycles. The highest BCUT2D eigenvalue weighted by Crippen LogP contribution is 2.61. The summed E-state index contributed by atoms with van der Waals surface area (Å²) >= 11 is 6.97. The van der Waals surface area contributed by atoms with E-state index in [1.54, 1.807) is 45.3 Å². The first-order valence-corrected chi connectivity index (χ1v) is 23.7. The summed E-state index contributed by atoms with van der Waals surface area (Å²) in [6.45, 7) is 0. The average molecular weight is 841 g/mol. The number of hydrogen-bond acceptors (Lipinski definition) is 8. The molecule has 4 nitrogen and oxygen atoms in total. The molecule has 60 heavy (non-hydrogen) atoms. The summed E-state index contributed by atoms with van der Waals surface area (Å²) in [6, 6.07) is 52.8. The first kappa shape index (κ1) is 34.7. The molecule has 16 rings (SSSR count). The van der Waals surface area contributed by atoms with Crippen LogP contribution < -0.4 is 0 Å². The molecule has 6 aromatic heterocycles. The highest BCUT2D eigenvalue weighted by Gasteiger charge is 2.46. The third-order valence-electron chi connectivity index (χ3n) is 12.7. The molecular weight excluding hydrogens is 809 g/mol. The van der Waals surface area contributed by atoms with Gasteiger partial charge in [0.05, 0.1) is 19.5 Å². The van der Waals surface area contributed by atoms with Gasteiger partial charge in [-0.15, -0.1) is 65.7 Å². The third kappa shape index (κ3) is 4.99. The van der Waals surface area contributed by atoms with Gasteiger partial charge >= 0.3 is 0 Å². The second-order valence-electron chi connectivity index (χ2n) is 15.6. The lowest BCUT2D eigenvalue weighted by molar-refractivity contribution is 0.741. The second-order valence-corrected chi connectivity index (χ2v) is 19.4. The van der Waals surface area contributed by atoms with E-state index in [-0.39, 0.29) is 23.7 Å². The first-order valence-electron chi connectivity index (χ1n) is 20.1. The summed E-state index contributed by atoms with van der Waals surface area (Å²) in [5, 5.41) is 27.8. The zero-order chi connectivity index (χ0) is 39.3. The van der Waals surface area contributed by atoms with Gasteiger partial charge in [0.15, 0.2) is 0 Å². The Kier molecular flexibility index (Phi) is 7.91. The molecule has 0 saturated heterocycles. The van der Waals surface area contributed by atoms with E-state index in [0.717, 1.165) is 22.8 Å². The maximum absolute atomic E-state index is 4.82. The van der Waals surface area contributed by atoms with Crippen LogP contribution in [0.5, 0.6) is 0 Å². The van der Waals surface area contributed by atoms with Crippen LogP contribution in [0.1, 0.15) is 90.4 Å². The van der Waals surface area contributed by atoms with Crippen molar-refractivity contribution in [3.8, 4) is 42.3 Å². The van der Waals surface area contributed by atoms with Crippen LogP contribution >= 0.6 is 45.3 Å². The fraction of sp³-hybridized carbons (Fsp3) is 0.0769. The monoisotopic (exact) mass is 840 g/mol. The summed E-state index contributed by atoms with van der Waals surface area (Å²) < 4.78 is 0. The molecule has 4 aromatic carbocycles. The van der Waals surface area contributed by atoms with Crippen molar-refractivity contribution in [3.63, 3.8) is 0 Å². The van der Waals surface area contributed by atoms with Gasteiger partial charge in [-0.1, -0.05) is 121 Å². The number of benzene rings is 4.